The molecule has 328 valence electrons. The number of rotatable bonds is 8. The fourth-order valence-electron chi connectivity index (χ4n) is 11.9. The summed E-state index contributed by atoms with van der Waals surface area (Å²) in [6.45, 7) is 0. The number of para-hydroxylation sites is 5. The predicted octanol–water partition coefficient (Wildman–Crippen LogP) is 14.0. The Bertz CT molecular complexity index is 4170. The van der Waals surface area contributed by atoms with Crippen LogP contribution in [-0.2, 0) is 0 Å². The lowest BCUT2D eigenvalue weighted by atomic mass is 9.97. The maximum atomic E-state index is 2.47. The number of benzene rings is 11. The molecule has 0 aliphatic heterocycles. The van der Waals surface area contributed by atoms with E-state index >= 15 is 0 Å². The van der Waals surface area contributed by atoms with Crippen molar-refractivity contribution in [1.82, 2.24) is 13.7 Å². The molecule has 0 aliphatic rings. The Hall–Kier alpha value is -8.96. The quantitative estimate of drug-likeness (QED) is 0.107. The van der Waals surface area contributed by atoms with Crippen molar-refractivity contribution in [3.63, 3.8) is 0 Å². The number of hydrogen-bond acceptors (Lipinski definition) is 0. The van der Waals surface area contributed by atoms with E-state index in [1.165, 1.54) is 97.3 Å². The van der Waals surface area contributed by atoms with Gasteiger partial charge in [0.05, 0.1) is 33.1 Å². The first-order valence-electron chi connectivity index (χ1n) is 24.2. The molecule has 14 rings (SSSR count). The van der Waals surface area contributed by atoms with Crippen molar-refractivity contribution < 1.29 is 0 Å². The molecule has 4 heteroatoms. The van der Waals surface area contributed by atoms with Gasteiger partial charge in [-0.2, -0.15) is 0 Å². The summed E-state index contributed by atoms with van der Waals surface area (Å²) in [7, 11) is -2.68. The van der Waals surface area contributed by atoms with Crippen LogP contribution in [-0.4, -0.2) is 21.8 Å². The van der Waals surface area contributed by atoms with Crippen molar-refractivity contribution in [2.24, 2.45) is 0 Å². The van der Waals surface area contributed by atoms with Crippen molar-refractivity contribution in [1.29, 1.82) is 0 Å². The van der Waals surface area contributed by atoms with Gasteiger partial charge < -0.3 is 13.7 Å². The lowest BCUT2D eigenvalue weighted by Crippen LogP contribution is -2.74. The number of aromatic nitrogens is 3. The smallest absolute Gasteiger partial charge is 0.179 e. The molecule has 0 unspecified atom stereocenters. The lowest BCUT2D eigenvalue weighted by molar-refractivity contribution is 1.17. The highest BCUT2D eigenvalue weighted by Crippen LogP contribution is 2.44. The molecule has 70 heavy (non-hydrogen) atoms. The summed E-state index contributed by atoms with van der Waals surface area (Å²) in [5.41, 5.74) is 13.0. The first kappa shape index (κ1) is 40.1. The molecule has 0 aliphatic carbocycles. The molecule has 0 N–H and O–H groups in total. The molecule has 3 aromatic heterocycles. The largest absolute Gasteiger partial charge is 0.309 e. The van der Waals surface area contributed by atoms with Crippen LogP contribution in [0.1, 0.15) is 0 Å². The molecule has 3 nitrogen and oxygen atoms in total. The van der Waals surface area contributed by atoms with E-state index in [0.717, 1.165) is 17.1 Å². The van der Waals surface area contributed by atoms with Crippen LogP contribution in [0.5, 0.6) is 0 Å². The highest BCUT2D eigenvalue weighted by molar-refractivity contribution is 7.19. The minimum absolute atomic E-state index is 1.13. The van der Waals surface area contributed by atoms with Crippen LogP contribution in [0.3, 0.4) is 0 Å². The number of hydrogen-bond donors (Lipinski definition) is 0. The second-order valence-electron chi connectivity index (χ2n) is 18.4. The van der Waals surface area contributed by atoms with Crippen molar-refractivity contribution in [2.75, 3.05) is 0 Å². The first-order chi connectivity index (χ1) is 34.8. The summed E-state index contributed by atoms with van der Waals surface area (Å²) in [6, 6.07) is 101. The average Bonchev–Trinajstić information content (AvgIpc) is 4.08. The highest BCUT2D eigenvalue weighted by atomic mass is 28.3. The molecule has 0 amide bonds. The summed E-state index contributed by atoms with van der Waals surface area (Å²) < 4.78 is 7.37. The monoisotopic (exact) mass is 907 g/mol. The number of fused-ring (bicyclic) bond motifs is 9. The van der Waals surface area contributed by atoms with Crippen molar-refractivity contribution >= 4 is 94.2 Å². The molecule has 11 aromatic carbocycles. The zero-order valence-electron chi connectivity index (χ0n) is 38.3. The van der Waals surface area contributed by atoms with Crippen LogP contribution >= 0.6 is 0 Å². The van der Waals surface area contributed by atoms with E-state index in [1.807, 2.05) is 0 Å². The SMILES string of the molecule is c1ccc(-n2c3ccccc3c3cccc(-c4cccc5c4c4ccccc4n5-c4ccc5c(c4)c4ccccc4n5-c4ccc([Si](c5ccccc5)(c5ccccc5)c5ccccc5)cc4)c32)cc1. The van der Waals surface area contributed by atoms with Crippen molar-refractivity contribution in [3.8, 4) is 28.2 Å². The Labute approximate surface area is 407 Å². The van der Waals surface area contributed by atoms with Crippen LogP contribution in [0.4, 0.5) is 0 Å². The third-order valence-electron chi connectivity index (χ3n) is 14.8. The Morgan fingerprint density at radius 1 is 0.229 bits per heavy atom. The Balaban J connectivity index is 0.953. The van der Waals surface area contributed by atoms with E-state index in [2.05, 4.69) is 287 Å². The second kappa shape index (κ2) is 16.1. The van der Waals surface area contributed by atoms with E-state index in [4.69, 9.17) is 0 Å². The highest BCUT2D eigenvalue weighted by Gasteiger charge is 2.41. The van der Waals surface area contributed by atoms with Crippen LogP contribution in [0.25, 0.3) is 93.6 Å². The summed E-state index contributed by atoms with van der Waals surface area (Å²) in [6.07, 6.45) is 0. The topological polar surface area (TPSA) is 14.8 Å². The Morgan fingerprint density at radius 2 is 0.629 bits per heavy atom. The summed E-state index contributed by atoms with van der Waals surface area (Å²) >= 11 is 0. The van der Waals surface area contributed by atoms with E-state index in [0.29, 0.717) is 0 Å². The average molecular weight is 908 g/mol. The summed E-state index contributed by atoms with van der Waals surface area (Å²) in [5.74, 6) is 0. The van der Waals surface area contributed by atoms with Gasteiger partial charge in [0, 0.05) is 54.9 Å². The Kier molecular flexibility index (Phi) is 9.23. The minimum atomic E-state index is -2.68. The van der Waals surface area contributed by atoms with Crippen molar-refractivity contribution in [2.45, 2.75) is 0 Å². The lowest BCUT2D eigenvalue weighted by Gasteiger charge is -2.34. The maximum absolute atomic E-state index is 2.68. The van der Waals surface area contributed by atoms with Gasteiger partial charge in [0.1, 0.15) is 0 Å². The molecule has 0 atom stereocenters. The van der Waals surface area contributed by atoms with Gasteiger partial charge in [-0.3, -0.25) is 0 Å². The normalized spacial score (nSPS) is 12.0. The van der Waals surface area contributed by atoms with E-state index in [1.54, 1.807) is 0 Å². The summed E-state index contributed by atoms with van der Waals surface area (Å²) in [5, 5.41) is 12.9. The van der Waals surface area contributed by atoms with Gasteiger partial charge in [0.15, 0.2) is 8.07 Å². The molecule has 14 aromatic rings. The molecule has 0 radical (unpaired) electrons. The summed E-state index contributed by atoms with van der Waals surface area (Å²) in [4.78, 5) is 0. The minimum Gasteiger partial charge on any atom is -0.309 e. The zero-order chi connectivity index (χ0) is 46.2. The second-order valence-corrected chi connectivity index (χ2v) is 22.2. The standard InChI is InChI=1S/C66H45N3Si/c1-5-21-46(22-6-1)69-61-36-17-13-29-53(61)56-33-19-34-57(66(56)69)55-32-20-38-64-65(55)58-31-15-18-37-62(58)68(64)48-41-44-63-59(45-48)54-30-14-16-35-60(54)67(63)47-39-42-52(43-40-47)70(49-23-7-2-8-24-49,50-25-9-3-10-26-50)51-27-11-4-12-28-51/h1-45H. The van der Waals surface area contributed by atoms with Gasteiger partial charge >= 0.3 is 0 Å². The maximum Gasteiger partial charge on any atom is 0.179 e. The molecular weight excluding hydrogens is 863 g/mol. The Morgan fingerprint density at radius 3 is 1.26 bits per heavy atom. The van der Waals surface area contributed by atoms with E-state index in [9.17, 15) is 0 Å². The molecule has 0 spiro atoms. The molecule has 0 fully saturated rings. The van der Waals surface area contributed by atoms with E-state index in [-0.39, 0.29) is 0 Å². The van der Waals surface area contributed by atoms with Gasteiger partial charge in [-0.15, -0.1) is 0 Å². The predicted molar refractivity (Wildman–Crippen MR) is 299 cm³/mol. The van der Waals surface area contributed by atoms with Crippen LogP contribution in [0.15, 0.2) is 273 Å². The van der Waals surface area contributed by atoms with Gasteiger partial charge in [-0.05, 0) is 93.0 Å². The van der Waals surface area contributed by atoms with E-state index < -0.39 is 8.07 Å². The fraction of sp³-hybridized carbons (Fsp3) is 0. The molecule has 0 saturated heterocycles. The van der Waals surface area contributed by atoms with Gasteiger partial charge in [0.2, 0.25) is 0 Å². The van der Waals surface area contributed by atoms with Crippen LogP contribution in [0.2, 0.25) is 0 Å². The van der Waals surface area contributed by atoms with Crippen LogP contribution < -0.4 is 20.7 Å². The molecule has 0 saturated carbocycles. The van der Waals surface area contributed by atoms with Gasteiger partial charge in [-0.1, -0.05) is 206 Å². The fourth-order valence-corrected chi connectivity index (χ4v) is 16.7. The number of nitrogens with zero attached hydrogens (tertiary/aromatic N) is 3. The zero-order valence-corrected chi connectivity index (χ0v) is 39.3. The molecular formula is C66H45N3Si. The molecule has 3 heterocycles. The first-order valence-corrected chi connectivity index (χ1v) is 26.2. The van der Waals surface area contributed by atoms with Gasteiger partial charge in [0.25, 0.3) is 0 Å². The third-order valence-corrected chi connectivity index (χ3v) is 19.6. The van der Waals surface area contributed by atoms with Gasteiger partial charge in [-0.25, -0.2) is 0 Å². The molecule has 0 bridgehead atoms. The van der Waals surface area contributed by atoms with Crippen molar-refractivity contribution in [3.05, 3.63) is 273 Å². The van der Waals surface area contributed by atoms with Crippen LogP contribution in [0, 0.1) is 0 Å². The third kappa shape index (κ3) is 5.94.